The number of amides is 1. The second kappa shape index (κ2) is 8.47. The molecule has 1 amide bonds. The first-order chi connectivity index (χ1) is 11.8. The molecule has 1 aromatic carbocycles. The summed E-state index contributed by atoms with van der Waals surface area (Å²) < 4.78 is 0. The quantitative estimate of drug-likeness (QED) is 0.935. The molecule has 0 atom stereocenters. The lowest BCUT2D eigenvalue weighted by Crippen LogP contribution is -2.30. The fourth-order valence-corrected chi connectivity index (χ4v) is 3.14. The molecule has 1 aliphatic rings. The maximum absolute atomic E-state index is 12.4. The van der Waals surface area contributed by atoms with Gasteiger partial charge >= 0.3 is 0 Å². The average molecular weight is 325 g/mol. The van der Waals surface area contributed by atoms with E-state index in [1.165, 1.54) is 38.4 Å². The van der Waals surface area contributed by atoms with Crippen LogP contribution in [0, 0.1) is 5.92 Å². The molecule has 1 aromatic heterocycles. The maximum atomic E-state index is 12.4. The van der Waals surface area contributed by atoms with Crippen molar-refractivity contribution in [2.75, 3.05) is 0 Å². The maximum Gasteiger partial charge on any atom is 0.223 e. The molecule has 0 aliphatic heterocycles. The largest absolute Gasteiger partial charge is 0.352 e. The van der Waals surface area contributed by atoms with E-state index in [2.05, 4.69) is 25.7 Å². The van der Waals surface area contributed by atoms with Gasteiger partial charge in [-0.15, -0.1) is 20.4 Å². The van der Waals surface area contributed by atoms with Gasteiger partial charge in [-0.2, -0.15) is 0 Å². The lowest BCUT2D eigenvalue weighted by atomic mass is 9.90. The topological polar surface area (TPSA) is 80.7 Å². The summed E-state index contributed by atoms with van der Waals surface area (Å²) in [4.78, 5) is 12.4. The van der Waals surface area contributed by atoms with Gasteiger partial charge in [0.15, 0.2) is 6.33 Å². The van der Waals surface area contributed by atoms with Gasteiger partial charge in [-0.3, -0.25) is 4.79 Å². The van der Waals surface area contributed by atoms with Crippen LogP contribution in [-0.2, 0) is 11.3 Å². The van der Waals surface area contributed by atoms with Gasteiger partial charge in [-0.05, 0) is 18.4 Å². The Kier molecular flexibility index (Phi) is 5.82. The Bertz CT molecular complexity index is 636. The summed E-state index contributed by atoms with van der Waals surface area (Å²) in [5.41, 5.74) is 1.93. The van der Waals surface area contributed by atoms with Crippen molar-refractivity contribution in [2.45, 2.75) is 51.5 Å². The van der Waals surface area contributed by atoms with Crippen LogP contribution in [0.25, 0.3) is 11.4 Å². The van der Waals surface area contributed by atoms with E-state index in [0.717, 1.165) is 24.0 Å². The molecule has 1 fully saturated rings. The highest BCUT2D eigenvalue weighted by atomic mass is 16.1. The average Bonchev–Trinajstić information content (AvgIpc) is 2.61. The number of rotatable bonds is 4. The predicted molar refractivity (Wildman–Crippen MR) is 90.7 cm³/mol. The zero-order valence-electron chi connectivity index (χ0n) is 13.8. The molecule has 1 heterocycles. The third kappa shape index (κ3) is 4.57. The molecule has 6 heteroatoms. The van der Waals surface area contributed by atoms with Crippen molar-refractivity contribution in [2.24, 2.45) is 5.92 Å². The van der Waals surface area contributed by atoms with Gasteiger partial charge in [0.25, 0.3) is 0 Å². The van der Waals surface area contributed by atoms with Crippen LogP contribution in [-0.4, -0.2) is 26.3 Å². The first-order valence-electron chi connectivity index (χ1n) is 8.70. The van der Waals surface area contributed by atoms with Crippen LogP contribution in [0.4, 0.5) is 0 Å². The Labute approximate surface area is 142 Å². The van der Waals surface area contributed by atoms with Crippen molar-refractivity contribution >= 4 is 5.91 Å². The van der Waals surface area contributed by atoms with Crippen molar-refractivity contribution in [3.63, 3.8) is 0 Å². The first-order valence-corrected chi connectivity index (χ1v) is 8.70. The fraction of sp³-hybridized carbons (Fsp3) is 0.500. The molecule has 0 saturated heterocycles. The van der Waals surface area contributed by atoms with Crippen molar-refractivity contribution < 1.29 is 4.79 Å². The van der Waals surface area contributed by atoms with Crippen LogP contribution < -0.4 is 5.32 Å². The van der Waals surface area contributed by atoms with Crippen LogP contribution in [0.15, 0.2) is 30.6 Å². The molecule has 0 radical (unpaired) electrons. The van der Waals surface area contributed by atoms with Crippen molar-refractivity contribution in [3.8, 4) is 11.4 Å². The van der Waals surface area contributed by atoms with E-state index in [1.54, 1.807) is 0 Å². The summed E-state index contributed by atoms with van der Waals surface area (Å²) in [6, 6.07) is 7.81. The van der Waals surface area contributed by atoms with E-state index in [9.17, 15) is 4.79 Å². The molecule has 0 unspecified atom stereocenters. The molecule has 6 nitrogen and oxygen atoms in total. The standard InChI is InChI=1S/C18H23N5O/c24-18(16-6-4-2-1-3-5-7-16)19-12-14-8-10-15(11-9-14)17-22-20-13-21-23-17/h8-11,13,16H,1-7,12H2,(H,19,24). The molecule has 1 saturated carbocycles. The van der Waals surface area contributed by atoms with Crippen LogP contribution in [0.3, 0.4) is 0 Å². The third-order valence-corrected chi connectivity index (χ3v) is 4.56. The number of carbonyl (C=O) groups excluding carboxylic acids is 1. The molecular formula is C18H23N5O. The van der Waals surface area contributed by atoms with E-state index in [0.29, 0.717) is 12.4 Å². The summed E-state index contributed by atoms with van der Waals surface area (Å²) in [6.07, 6.45) is 9.54. The first kappa shape index (κ1) is 16.5. The zero-order chi connectivity index (χ0) is 16.6. The SMILES string of the molecule is O=C(NCc1ccc(-c2nncnn2)cc1)C1CCCCCCC1. The van der Waals surface area contributed by atoms with E-state index >= 15 is 0 Å². The lowest BCUT2D eigenvalue weighted by molar-refractivity contribution is -0.125. The second-order valence-corrected chi connectivity index (χ2v) is 6.33. The van der Waals surface area contributed by atoms with Crippen molar-refractivity contribution in [1.29, 1.82) is 0 Å². The predicted octanol–water partition coefficient (Wildman–Crippen LogP) is 2.91. The van der Waals surface area contributed by atoms with Crippen molar-refractivity contribution in [1.82, 2.24) is 25.7 Å². The molecule has 24 heavy (non-hydrogen) atoms. The van der Waals surface area contributed by atoms with E-state index in [4.69, 9.17) is 0 Å². The van der Waals surface area contributed by atoms with E-state index < -0.39 is 0 Å². The normalized spacial score (nSPS) is 16.2. The van der Waals surface area contributed by atoms with Gasteiger partial charge in [-0.25, -0.2) is 0 Å². The summed E-state index contributed by atoms with van der Waals surface area (Å²) in [7, 11) is 0. The summed E-state index contributed by atoms with van der Waals surface area (Å²) in [5, 5.41) is 18.4. The number of benzene rings is 1. The summed E-state index contributed by atoms with van der Waals surface area (Å²) in [6.45, 7) is 0.557. The van der Waals surface area contributed by atoms with Gasteiger partial charge in [0, 0.05) is 18.0 Å². The van der Waals surface area contributed by atoms with E-state index in [1.807, 2.05) is 24.3 Å². The Hall–Kier alpha value is -2.37. The van der Waals surface area contributed by atoms with Gasteiger partial charge in [0.1, 0.15) is 0 Å². The highest BCUT2D eigenvalue weighted by Gasteiger charge is 2.18. The molecule has 1 aliphatic carbocycles. The molecule has 0 spiro atoms. The van der Waals surface area contributed by atoms with Gasteiger partial charge < -0.3 is 5.32 Å². The molecule has 126 valence electrons. The lowest BCUT2D eigenvalue weighted by Gasteiger charge is -2.19. The highest BCUT2D eigenvalue weighted by Crippen LogP contribution is 2.22. The zero-order valence-corrected chi connectivity index (χ0v) is 13.8. The molecular weight excluding hydrogens is 302 g/mol. The summed E-state index contributed by atoms with van der Waals surface area (Å²) in [5.74, 6) is 0.878. The Morgan fingerprint density at radius 1 is 0.958 bits per heavy atom. The Balaban J connectivity index is 1.53. The molecule has 1 N–H and O–H groups in total. The van der Waals surface area contributed by atoms with Crippen LogP contribution in [0.2, 0.25) is 0 Å². The Morgan fingerprint density at radius 2 is 1.58 bits per heavy atom. The number of nitrogens with one attached hydrogen (secondary N) is 1. The minimum atomic E-state index is 0.180. The fourth-order valence-electron chi connectivity index (χ4n) is 3.14. The minimum absolute atomic E-state index is 0.180. The van der Waals surface area contributed by atoms with Crippen LogP contribution in [0.1, 0.15) is 50.5 Å². The van der Waals surface area contributed by atoms with Crippen molar-refractivity contribution in [3.05, 3.63) is 36.2 Å². The van der Waals surface area contributed by atoms with Crippen LogP contribution >= 0.6 is 0 Å². The van der Waals surface area contributed by atoms with Gasteiger partial charge in [0.05, 0.1) is 0 Å². The highest BCUT2D eigenvalue weighted by molar-refractivity contribution is 5.78. The molecule has 3 rings (SSSR count). The second-order valence-electron chi connectivity index (χ2n) is 6.33. The Morgan fingerprint density at radius 3 is 2.25 bits per heavy atom. The molecule has 2 aromatic rings. The number of nitrogens with zero attached hydrogens (tertiary/aromatic N) is 4. The van der Waals surface area contributed by atoms with Gasteiger partial charge in [-0.1, -0.05) is 56.4 Å². The minimum Gasteiger partial charge on any atom is -0.352 e. The number of aromatic nitrogens is 4. The number of hydrogen-bond acceptors (Lipinski definition) is 5. The molecule has 0 bridgehead atoms. The third-order valence-electron chi connectivity index (χ3n) is 4.56. The smallest absolute Gasteiger partial charge is 0.223 e. The van der Waals surface area contributed by atoms with Crippen LogP contribution in [0.5, 0.6) is 0 Å². The number of carbonyl (C=O) groups is 1. The monoisotopic (exact) mass is 325 g/mol. The van der Waals surface area contributed by atoms with Gasteiger partial charge in [0.2, 0.25) is 11.7 Å². The van der Waals surface area contributed by atoms with E-state index in [-0.39, 0.29) is 11.8 Å². The summed E-state index contributed by atoms with van der Waals surface area (Å²) >= 11 is 0. The number of hydrogen-bond donors (Lipinski definition) is 1.